The fraction of sp³-hybridized carbons (Fsp3) is 0.462. The highest BCUT2D eigenvalue weighted by atomic mass is 16.4. The van der Waals surface area contributed by atoms with E-state index in [4.69, 9.17) is 10.8 Å². The predicted octanol–water partition coefficient (Wildman–Crippen LogP) is 2.43. The molecule has 16 heavy (non-hydrogen) atoms. The van der Waals surface area contributed by atoms with Crippen LogP contribution in [-0.2, 0) is 4.79 Å². The summed E-state index contributed by atoms with van der Waals surface area (Å²) < 4.78 is 0. The molecule has 3 nitrogen and oxygen atoms in total. The Morgan fingerprint density at radius 3 is 2.31 bits per heavy atom. The standard InChI is InChI=1S/C13H17NO2/c14-12(13(15)16)11-7-5-10(6-8-11)9-3-1-2-4-9/h5-9,12H,1-4,14H2,(H,15,16). The van der Waals surface area contributed by atoms with Gasteiger partial charge < -0.3 is 10.8 Å². The van der Waals surface area contributed by atoms with Crippen molar-refractivity contribution < 1.29 is 9.90 Å². The van der Waals surface area contributed by atoms with E-state index in [-0.39, 0.29) is 0 Å². The minimum Gasteiger partial charge on any atom is -0.480 e. The van der Waals surface area contributed by atoms with Gasteiger partial charge in [-0.05, 0) is 29.9 Å². The van der Waals surface area contributed by atoms with Gasteiger partial charge in [0.1, 0.15) is 6.04 Å². The van der Waals surface area contributed by atoms with Crippen molar-refractivity contribution in [1.82, 2.24) is 0 Å². The third-order valence-corrected chi connectivity index (χ3v) is 3.39. The number of nitrogens with two attached hydrogens (primary N) is 1. The smallest absolute Gasteiger partial charge is 0.325 e. The summed E-state index contributed by atoms with van der Waals surface area (Å²) in [5.41, 5.74) is 7.54. The first-order chi connectivity index (χ1) is 7.68. The number of aliphatic carboxylic acids is 1. The van der Waals surface area contributed by atoms with E-state index in [9.17, 15) is 4.79 Å². The highest BCUT2D eigenvalue weighted by molar-refractivity contribution is 5.75. The molecule has 1 saturated carbocycles. The highest BCUT2D eigenvalue weighted by Crippen LogP contribution is 2.34. The maximum Gasteiger partial charge on any atom is 0.325 e. The van der Waals surface area contributed by atoms with Crippen molar-refractivity contribution in [2.75, 3.05) is 0 Å². The van der Waals surface area contributed by atoms with Gasteiger partial charge in [-0.15, -0.1) is 0 Å². The van der Waals surface area contributed by atoms with Crippen molar-refractivity contribution in [3.05, 3.63) is 35.4 Å². The number of carboxylic acid groups (broad SMARTS) is 1. The van der Waals surface area contributed by atoms with Gasteiger partial charge in [0.05, 0.1) is 0 Å². The molecule has 3 N–H and O–H groups in total. The summed E-state index contributed by atoms with van der Waals surface area (Å²) in [5, 5.41) is 8.79. The van der Waals surface area contributed by atoms with Crippen LogP contribution < -0.4 is 5.73 Å². The lowest BCUT2D eigenvalue weighted by Gasteiger charge is -2.11. The molecule has 1 aliphatic carbocycles. The van der Waals surface area contributed by atoms with E-state index in [1.165, 1.54) is 31.2 Å². The Morgan fingerprint density at radius 1 is 1.25 bits per heavy atom. The molecular weight excluding hydrogens is 202 g/mol. The average Bonchev–Trinajstić information content (AvgIpc) is 2.81. The van der Waals surface area contributed by atoms with Crippen LogP contribution in [0.1, 0.15) is 48.8 Å². The molecule has 2 rings (SSSR count). The zero-order valence-electron chi connectivity index (χ0n) is 9.23. The summed E-state index contributed by atoms with van der Waals surface area (Å²) in [6, 6.07) is 6.82. The monoisotopic (exact) mass is 219 g/mol. The summed E-state index contributed by atoms with van der Waals surface area (Å²) >= 11 is 0. The molecule has 0 bridgehead atoms. The van der Waals surface area contributed by atoms with Crippen molar-refractivity contribution in [2.45, 2.75) is 37.6 Å². The molecular formula is C13H17NO2. The Bertz CT molecular complexity index is 366. The second kappa shape index (κ2) is 4.66. The fourth-order valence-corrected chi connectivity index (χ4v) is 2.38. The predicted molar refractivity (Wildman–Crippen MR) is 62.2 cm³/mol. The quantitative estimate of drug-likeness (QED) is 0.820. The molecule has 0 radical (unpaired) electrons. The molecule has 0 amide bonds. The molecule has 3 heteroatoms. The zero-order chi connectivity index (χ0) is 11.5. The van der Waals surface area contributed by atoms with Gasteiger partial charge in [0.15, 0.2) is 0 Å². The number of benzene rings is 1. The third-order valence-electron chi connectivity index (χ3n) is 3.39. The van der Waals surface area contributed by atoms with E-state index >= 15 is 0 Å². The van der Waals surface area contributed by atoms with E-state index in [0.717, 1.165) is 0 Å². The Kier molecular flexibility index (Phi) is 3.25. The van der Waals surface area contributed by atoms with Gasteiger partial charge in [0, 0.05) is 0 Å². The van der Waals surface area contributed by atoms with Gasteiger partial charge in [-0.2, -0.15) is 0 Å². The minimum absolute atomic E-state index is 0.662. The second-order valence-corrected chi connectivity index (χ2v) is 4.46. The molecule has 0 heterocycles. The molecule has 1 unspecified atom stereocenters. The number of rotatable bonds is 3. The maximum absolute atomic E-state index is 10.7. The second-order valence-electron chi connectivity index (χ2n) is 4.46. The van der Waals surface area contributed by atoms with Crippen LogP contribution in [0.25, 0.3) is 0 Å². The van der Waals surface area contributed by atoms with Crippen LogP contribution in [0.3, 0.4) is 0 Å². The number of hydrogen-bond donors (Lipinski definition) is 2. The Labute approximate surface area is 95.3 Å². The first kappa shape index (κ1) is 11.1. The molecule has 1 aliphatic rings. The lowest BCUT2D eigenvalue weighted by molar-refractivity contribution is -0.138. The van der Waals surface area contributed by atoms with Crippen LogP contribution in [0.5, 0.6) is 0 Å². The minimum atomic E-state index is -0.978. The molecule has 1 fully saturated rings. The van der Waals surface area contributed by atoms with Gasteiger partial charge in [0.25, 0.3) is 0 Å². The van der Waals surface area contributed by atoms with Gasteiger partial charge >= 0.3 is 5.97 Å². The average molecular weight is 219 g/mol. The first-order valence-electron chi connectivity index (χ1n) is 5.76. The van der Waals surface area contributed by atoms with E-state index < -0.39 is 12.0 Å². The Morgan fingerprint density at radius 2 is 1.81 bits per heavy atom. The third kappa shape index (κ3) is 2.25. The number of hydrogen-bond acceptors (Lipinski definition) is 2. The molecule has 0 aliphatic heterocycles. The van der Waals surface area contributed by atoms with E-state index in [1.54, 1.807) is 0 Å². The summed E-state index contributed by atoms with van der Waals surface area (Å²) in [5.74, 6) is -0.316. The van der Waals surface area contributed by atoms with E-state index in [1.807, 2.05) is 24.3 Å². The van der Waals surface area contributed by atoms with Gasteiger partial charge in [0.2, 0.25) is 0 Å². The topological polar surface area (TPSA) is 63.3 Å². The highest BCUT2D eigenvalue weighted by Gasteiger charge is 2.18. The van der Waals surface area contributed by atoms with Gasteiger partial charge in [-0.1, -0.05) is 37.1 Å². The largest absolute Gasteiger partial charge is 0.480 e. The van der Waals surface area contributed by atoms with Crippen molar-refractivity contribution in [1.29, 1.82) is 0 Å². The normalized spacial score (nSPS) is 18.6. The Balaban J connectivity index is 2.12. The Hall–Kier alpha value is -1.35. The lowest BCUT2D eigenvalue weighted by atomic mass is 9.95. The van der Waals surface area contributed by atoms with E-state index in [0.29, 0.717) is 11.5 Å². The SMILES string of the molecule is NC(C(=O)O)c1ccc(C2CCCC2)cc1. The van der Waals surface area contributed by atoms with Crippen LogP contribution in [0.4, 0.5) is 0 Å². The summed E-state index contributed by atoms with van der Waals surface area (Å²) in [6.45, 7) is 0. The van der Waals surface area contributed by atoms with Crippen LogP contribution in [0, 0.1) is 0 Å². The van der Waals surface area contributed by atoms with Gasteiger partial charge in [-0.25, -0.2) is 0 Å². The number of carbonyl (C=O) groups is 1. The molecule has 1 aromatic carbocycles. The number of carboxylic acids is 1. The summed E-state index contributed by atoms with van der Waals surface area (Å²) in [7, 11) is 0. The molecule has 1 aromatic rings. The van der Waals surface area contributed by atoms with Crippen LogP contribution in [-0.4, -0.2) is 11.1 Å². The van der Waals surface area contributed by atoms with Crippen molar-refractivity contribution >= 4 is 5.97 Å². The maximum atomic E-state index is 10.7. The van der Waals surface area contributed by atoms with Crippen LogP contribution >= 0.6 is 0 Å². The zero-order valence-corrected chi connectivity index (χ0v) is 9.23. The molecule has 0 saturated heterocycles. The van der Waals surface area contributed by atoms with Crippen molar-refractivity contribution in [2.24, 2.45) is 5.73 Å². The molecule has 1 atom stereocenters. The van der Waals surface area contributed by atoms with Crippen LogP contribution in [0.2, 0.25) is 0 Å². The summed E-state index contributed by atoms with van der Waals surface area (Å²) in [6.07, 6.45) is 5.12. The first-order valence-corrected chi connectivity index (χ1v) is 5.76. The fourth-order valence-electron chi connectivity index (χ4n) is 2.38. The van der Waals surface area contributed by atoms with Gasteiger partial charge in [-0.3, -0.25) is 4.79 Å². The lowest BCUT2D eigenvalue weighted by Crippen LogP contribution is -2.20. The van der Waals surface area contributed by atoms with Crippen LogP contribution in [0.15, 0.2) is 24.3 Å². The molecule has 0 spiro atoms. The summed E-state index contributed by atoms with van der Waals surface area (Å²) in [4.78, 5) is 10.7. The van der Waals surface area contributed by atoms with E-state index in [2.05, 4.69) is 0 Å². The molecule has 0 aromatic heterocycles. The van der Waals surface area contributed by atoms with Crippen molar-refractivity contribution in [3.63, 3.8) is 0 Å². The van der Waals surface area contributed by atoms with Crippen molar-refractivity contribution in [3.8, 4) is 0 Å². The molecule has 86 valence electrons.